The summed E-state index contributed by atoms with van der Waals surface area (Å²) in [5.41, 5.74) is 0. The summed E-state index contributed by atoms with van der Waals surface area (Å²) in [5.74, 6) is 0.503. The number of rotatable bonds is 7. The molecule has 6 heteroatoms. The van der Waals surface area contributed by atoms with Crippen LogP contribution in [0.2, 0.25) is 0 Å². The van der Waals surface area contributed by atoms with E-state index in [1.54, 1.807) is 6.33 Å². The summed E-state index contributed by atoms with van der Waals surface area (Å²) in [5, 5.41) is 11.7. The van der Waals surface area contributed by atoms with E-state index in [9.17, 15) is 4.79 Å². The molecule has 1 fully saturated rings. The average molecular weight is 254 g/mol. The van der Waals surface area contributed by atoms with Gasteiger partial charge < -0.3 is 9.88 Å². The van der Waals surface area contributed by atoms with Crippen LogP contribution in [0.5, 0.6) is 0 Å². The van der Waals surface area contributed by atoms with Crippen molar-refractivity contribution in [1.29, 1.82) is 0 Å². The van der Waals surface area contributed by atoms with E-state index < -0.39 is 0 Å². The van der Waals surface area contributed by atoms with Gasteiger partial charge in [-0.05, 0) is 19.3 Å². The molecule has 0 atom stereocenters. The van der Waals surface area contributed by atoms with Gasteiger partial charge in [-0.2, -0.15) is 0 Å². The highest BCUT2D eigenvalue weighted by Gasteiger charge is 2.26. The summed E-state index contributed by atoms with van der Waals surface area (Å²) >= 11 is 1.47. The maximum absolute atomic E-state index is 11.5. The van der Waals surface area contributed by atoms with E-state index in [1.165, 1.54) is 24.6 Å². The van der Waals surface area contributed by atoms with Crippen LogP contribution in [0, 0.1) is 0 Å². The van der Waals surface area contributed by atoms with E-state index in [-0.39, 0.29) is 5.91 Å². The van der Waals surface area contributed by atoms with Gasteiger partial charge in [0.25, 0.3) is 0 Å². The van der Waals surface area contributed by atoms with Crippen molar-refractivity contribution in [2.75, 3.05) is 12.3 Å². The number of unbranched alkanes of at least 4 members (excludes halogenated alkanes) is 1. The predicted molar refractivity (Wildman–Crippen MR) is 66.9 cm³/mol. The maximum atomic E-state index is 11.5. The highest BCUT2D eigenvalue weighted by Crippen LogP contribution is 2.37. The standard InChI is InChI=1S/C11H18N4OS/c1-2-3-6-12-10(16)7-17-11-14-13-8-15(11)9-4-5-9/h8-9H,2-7H2,1H3,(H,12,16). The van der Waals surface area contributed by atoms with Gasteiger partial charge in [-0.15, -0.1) is 10.2 Å². The van der Waals surface area contributed by atoms with Gasteiger partial charge >= 0.3 is 0 Å². The molecule has 0 radical (unpaired) electrons. The number of carbonyl (C=O) groups excluding carboxylic acids is 1. The van der Waals surface area contributed by atoms with Crippen molar-refractivity contribution in [2.24, 2.45) is 0 Å². The fourth-order valence-electron chi connectivity index (χ4n) is 1.52. The Hall–Kier alpha value is -1.04. The molecular weight excluding hydrogens is 236 g/mol. The minimum absolute atomic E-state index is 0.0776. The van der Waals surface area contributed by atoms with Crippen molar-refractivity contribution in [3.63, 3.8) is 0 Å². The number of nitrogens with zero attached hydrogens (tertiary/aromatic N) is 3. The number of nitrogens with one attached hydrogen (secondary N) is 1. The lowest BCUT2D eigenvalue weighted by Gasteiger charge is -2.05. The van der Waals surface area contributed by atoms with Crippen LogP contribution in [-0.2, 0) is 4.79 Å². The third-order valence-corrected chi connectivity index (χ3v) is 3.62. The first-order valence-electron chi connectivity index (χ1n) is 6.10. The molecule has 2 rings (SSSR count). The molecule has 0 aliphatic heterocycles. The molecule has 94 valence electrons. The molecule has 1 aromatic rings. The highest BCUT2D eigenvalue weighted by atomic mass is 32.2. The van der Waals surface area contributed by atoms with Gasteiger partial charge in [-0.25, -0.2) is 0 Å². The summed E-state index contributed by atoms with van der Waals surface area (Å²) in [7, 11) is 0. The fraction of sp³-hybridized carbons (Fsp3) is 0.727. The second-order valence-electron chi connectivity index (χ2n) is 4.24. The maximum Gasteiger partial charge on any atom is 0.230 e. The Morgan fingerprint density at radius 3 is 3.18 bits per heavy atom. The largest absolute Gasteiger partial charge is 0.355 e. The minimum atomic E-state index is 0.0776. The van der Waals surface area contributed by atoms with Gasteiger partial charge in [0, 0.05) is 12.6 Å². The minimum Gasteiger partial charge on any atom is -0.355 e. The molecule has 0 bridgehead atoms. The van der Waals surface area contributed by atoms with E-state index >= 15 is 0 Å². The fourth-order valence-corrected chi connectivity index (χ4v) is 2.34. The Bertz CT molecular complexity index is 375. The van der Waals surface area contributed by atoms with Crippen LogP contribution < -0.4 is 5.32 Å². The Kier molecular flexibility index (Phi) is 4.42. The van der Waals surface area contributed by atoms with Crippen LogP contribution in [0.3, 0.4) is 0 Å². The van der Waals surface area contributed by atoms with E-state index in [1.807, 2.05) is 0 Å². The molecule has 1 aliphatic rings. The number of aromatic nitrogens is 3. The second kappa shape index (κ2) is 6.05. The molecule has 1 amide bonds. The van der Waals surface area contributed by atoms with Crippen molar-refractivity contribution in [1.82, 2.24) is 20.1 Å². The van der Waals surface area contributed by atoms with Gasteiger partial charge in [-0.1, -0.05) is 25.1 Å². The zero-order valence-electron chi connectivity index (χ0n) is 10.1. The molecule has 0 spiro atoms. The van der Waals surface area contributed by atoms with Crippen LogP contribution in [0.25, 0.3) is 0 Å². The van der Waals surface area contributed by atoms with E-state index in [4.69, 9.17) is 0 Å². The number of hydrogen-bond acceptors (Lipinski definition) is 4. The van der Waals surface area contributed by atoms with Crippen molar-refractivity contribution < 1.29 is 4.79 Å². The lowest BCUT2D eigenvalue weighted by Crippen LogP contribution is -2.26. The quantitative estimate of drug-likeness (QED) is 0.593. The van der Waals surface area contributed by atoms with Crippen LogP contribution >= 0.6 is 11.8 Å². The van der Waals surface area contributed by atoms with Crippen molar-refractivity contribution in [2.45, 2.75) is 43.8 Å². The van der Waals surface area contributed by atoms with Crippen LogP contribution in [-0.4, -0.2) is 33.0 Å². The normalized spacial score (nSPS) is 14.9. The topological polar surface area (TPSA) is 59.8 Å². The summed E-state index contributed by atoms with van der Waals surface area (Å²) in [6.45, 7) is 2.88. The Morgan fingerprint density at radius 2 is 2.47 bits per heavy atom. The molecular formula is C11H18N4OS. The van der Waals surface area contributed by atoms with Gasteiger partial charge in [0.15, 0.2) is 5.16 Å². The number of amides is 1. The predicted octanol–water partition coefficient (Wildman–Crippen LogP) is 1.62. The number of thioether (sulfide) groups is 1. The van der Waals surface area contributed by atoms with E-state index in [0.717, 1.165) is 24.5 Å². The van der Waals surface area contributed by atoms with Crippen LogP contribution in [0.1, 0.15) is 38.6 Å². The lowest BCUT2D eigenvalue weighted by atomic mass is 10.3. The van der Waals surface area contributed by atoms with Gasteiger partial charge in [0.2, 0.25) is 5.91 Å². The molecule has 1 N–H and O–H groups in total. The van der Waals surface area contributed by atoms with Gasteiger partial charge in [0.1, 0.15) is 6.33 Å². The molecule has 1 heterocycles. The lowest BCUT2D eigenvalue weighted by molar-refractivity contribution is -0.118. The first kappa shape index (κ1) is 12.4. The first-order chi connectivity index (χ1) is 8.31. The smallest absolute Gasteiger partial charge is 0.230 e. The number of hydrogen-bond donors (Lipinski definition) is 1. The van der Waals surface area contributed by atoms with Gasteiger partial charge in [0.05, 0.1) is 5.75 Å². The van der Waals surface area contributed by atoms with Crippen molar-refractivity contribution in [3.8, 4) is 0 Å². The molecule has 0 unspecified atom stereocenters. The van der Waals surface area contributed by atoms with Gasteiger partial charge in [-0.3, -0.25) is 4.79 Å². The Balaban J connectivity index is 1.73. The van der Waals surface area contributed by atoms with Crippen LogP contribution in [0.4, 0.5) is 0 Å². The monoisotopic (exact) mass is 254 g/mol. The van der Waals surface area contributed by atoms with E-state index in [0.29, 0.717) is 11.8 Å². The molecule has 1 aromatic heterocycles. The summed E-state index contributed by atoms with van der Waals surface area (Å²) < 4.78 is 2.07. The molecule has 0 saturated heterocycles. The summed E-state index contributed by atoms with van der Waals surface area (Å²) in [6, 6.07) is 0.565. The third-order valence-electron chi connectivity index (χ3n) is 2.67. The molecule has 1 saturated carbocycles. The Morgan fingerprint density at radius 1 is 1.65 bits per heavy atom. The summed E-state index contributed by atoms with van der Waals surface area (Å²) in [4.78, 5) is 11.5. The average Bonchev–Trinajstić information content (AvgIpc) is 3.06. The molecule has 0 aromatic carbocycles. The van der Waals surface area contributed by atoms with Crippen molar-refractivity contribution >= 4 is 17.7 Å². The summed E-state index contributed by atoms with van der Waals surface area (Å²) in [6.07, 6.45) is 6.30. The SMILES string of the molecule is CCCCNC(=O)CSc1nncn1C1CC1. The zero-order chi connectivity index (χ0) is 12.1. The first-order valence-corrected chi connectivity index (χ1v) is 7.09. The molecule has 17 heavy (non-hydrogen) atoms. The van der Waals surface area contributed by atoms with Crippen molar-refractivity contribution in [3.05, 3.63) is 6.33 Å². The Labute approximate surface area is 105 Å². The third kappa shape index (κ3) is 3.73. The molecule has 5 nitrogen and oxygen atoms in total. The zero-order valence-corrected chi connectivity index (χ0v) is 10.9. The highest BCUT2D eigenvalue weighted by molar-refractivity contribution is 7.99. The number of carbonyl (C=O) groups is 1. The van der Waals surface area contributed by atoms with Crippen LogP contribution in [0.15, 0.2) is 11.5 Å². The molecule has 1 aliphatic carbocycles. The second-order valence-corrected chi connectivity index (χ2v) is 5.19. The van der Waals surface area contributed by atoms with E-state index in [2.05, 4.69) is 27.0 Å².